The number of aryl methyl sites for hydroxylation is 1. The Morgan fingerprint density at radius 3 is 2.84 bits per heavy atom. The fraction of sp³-hybridized carbons (Fsp3) is 0.0714. The van der Waals surface area contributed by atoms with Gasteiger partial charge in [-0.1, -0.05) is 6.07 Å². The van der Waals surface area contributed by atoms with Crippen molar-refractivity contribution in [2.75, 3.05) is 5.73 Å². The highest BCUT2D eigenvalue weighted by Gasteiger charge is 2.13. The van der Waals surface area contributed by atoms with Crippen molar-refractivity contribution in [2.24, 2.45) is 0 Å². The number of halogens is 1. The molecule has 0 spiro atoms. The topological polar surface area (TPSA) is 43.8 Å². The van der Waals surface area contributed by atoms with Crippen LogP contribution in [0.2, 0.25) is 0 Å². The minimum absolute atomic E-state index is 0.291. The number of benzene rings is 1. The summed E-state index contributed by atoms with van der Waals surface area (Å²) < 4.78 is 14.8. The molecule has 0 aliphatic heterocycles. The number of aromatic nitrogens is 2. The molecule has 0 saturated heterocycles. The van der Waals surface area contributed by atoms with Crippen molar-refractivity contribution in [3.05, 3.63) is 53.3 Å². The minimum atomic E-state index is -0.291. The third-order valence-electron chi connectivity index (χ3n) is 2.89. The van der Waals surface area contributed by atoms with Crippen LogP contribution in [-0.4, -0.2) is 9.78 Å². The van der Waals surface area contributed by atoms with Crippen LogP contribution in [-0.2, 0) is 0 Å². The SMILES string of the molecule is Cc1ccsc1-c1nn(-c2cccc(F)c2)cc1N. The Hall–Kier alpha value is -2.14. The molecule has 2 heterocycles. The molecule has 0 amide bonds. The van der Waals surface area contributed by atoms with Crippen LogP contribution in [0.1, 0.15) is 5.56 Å². The predicted molar refractivity (Wildman–Crippen MR) is 76.0 cm³/mol. The van der Waals surface area contributed by atoms with E-state index < -0.39 is 0 Å². The van der Waals surface area contributed by atoms with E-state index in [-0.39, 0.29) is 5.82 Å². The van der Waals surface area contributed by atoms with Crippen LogP contribution in [0.3, 0.4) is 0 Å². The van der Waals surface area contributed by atoms with Crippen LogP contribution in [0.15, 0.2) is 41.9 Å². The molecule has 0 radical (unpaired) electrons. The molecule has 19 heavy (non-hydrogen) atoms. The lowest BCUT2D eigenvalue weighted by molar-refractivity contribution is 0.625. The number of nitrogens with zero attached hydrogens (tertiary/aromatic N) is 2. The molecule has 0 aliphatic rings. The number of hydrogen-bond donors (Lipinski definition) is 1. The lowest BCUT2D eigenvalue weighted by atomic mass is 10.2. The summed E-state index contributed by atoms with van der Waals surface area (Å²) in [6.45, 7) is 2.02. The van der Waals surface area contributed by atoms with Crippen molar-refractivity contribution < 1.29 is 4.39 Å². The van der Waals surface area contributed by atoms with Gasteiger partial charge in [0.1, 0.15) is 11.5 Å². The smallest absolute Gasteiger partial charge is 0.126 e. The van der Waals surface area contributed by atoms with Crippen molar-refractivity contribution in [3.8, 4) is 16.3 Å². The highest BCUT2D eigenvalue weighted by molar-refractivity contribution is 7.13. The lowest BCUT2D eigenvalue weighted by Gasteiger charge is -2.00. The molecule has 3 rings (SSSR count). The second-order valence-electron chi connectivity index (χ2n) is 4.29. The first-order valence-electron chi connectivity index (χ1n) is 5.80. The third kappa shape index (κ3) is 2.13. The summed E-state index contributed by atoms with van der Waals surface area (Å²) in [7, 11) is 0. The van der Waals surface area contributed by atoms with Gasteiger partial charge in [0.05, 0.1) is 22.4 Å². The largest absolute Gasteiger partial charge is 0.396 e. The van der Waals surface area contributed by atoms with Gasteiger partial charge in [0.15, 0.2) is 0 Å². The minimum Gasteiger partial charge on any atom is -0.396 e. The molecule has 0 atom stereocenters. The van der Waals surface area contributed by atoms with Gasteiger partial charge >= 0.3 is 0 Å². The van der Waals surface area contributed by atoms with E-state index in [1.165, 1.54) is 12.1 Å². The zero-order valence-corrected chi connectivity index (χ0v) is 11.1. The van der Waals surface area contributed by atoms with Gasteiger partial charge in [-0.2, -0.15) is 5.10 Å². The van der Waals surface area contributed by atoms with E-state index in [0.29, 0.717) is 11.4 Å². The molecule has 0 unspecified atom stereocenters. The molecule has 0 saturated carbocycles. The molecule has 0 bridgehead atoms. The quantitative estimate of drug-likeness (QED) is 0.774. The van der Waals surface area contributed by atoms with Gasteiger partial charge < -0.3 is 5.73 Å². The Labute approximate surface area is 114 Å². The summed E-state index contributed by atoms with van der Waals surface area (Å²) in [6, 6.07) is 8.30. The number of hydrogen-bond acceptors (Lipinski definition) is 3. The van der Waals surface area contributed by atoms with E-state index in [1.54, 1.807) is 34.3 Å². The summed E-state index contributed by atoms with van der Waals surface area (Å²) >= 11 is 1.60. The fourth-order valence-corrected chi connectivity index (χ4v) is 2.86. The number of thiophene rings is 1. The second-order valence-corrected chi connectivity index (χ2v) is 5.21. The van der Waals surface area contributed by atoms with E-state index in [2.05, 4.69) is 5.10 Å². The van der Waals surface area contributed by atoms with Crippen molar-refractivity contribution in [1.82, 2.24) is 9.78 Å². The Balaban J connectivity index is 2.10. The number of nitrogen functional groups attached to an aromatic ring is 1. The zero-order chi connectivity index (χ0) is 13.4. The van der Waals surface area contributed by atoms with Gasteiger partial charge in [0.25, 0.3) is 0 Å². The van der Waals surface area contributed by atoms with Crippen LogP contribution in [0, 0.1) is 12.7 Å². The number of rotatable bonds is 2. The van der Waals surface area contributed by atoms with Crippen LogP contribution >= 0.6 is 11.3 Å². The van der Waals surface area contributed by atoms with Gasteiger partial charge in [0, 0.05) is 0 Å². The average Bonchev–Trinajstić information content (AvgIpc) is 2.95. The Morgan fingerprint density at radius 2 is 2.16 bits per heavy atom. The molecular formula is C14H12FN3S. The van der Waals surface area contributed by atoms with E-state index >= 15 is 0 Å². The molecule has 96 valence electrons. The highest BCUT2D eigenvalue weighted by Crippen LogP contribution is 2.32. The number of nitrogens with two attached hydrogens (primary N) is 1. The molecule has 3 aromatic rings. The first-order valence-corrected chi connectivity index (χ1v) is 6.68. The zero-order valence-electron chi connectivity index (χ0n) is 10.3. The Morgan fingerprint density at radius 1 is 1.32 bits per heavy atom. The van der Waals surface area contributed by atoms with Gasteiger partial charge in [0.2, 0.25) is 0 Å². The van der Waals surface area contributed by atoms with Crippen LogP contribution in [0.25, 0.3) is 16.3 Å². The molecule has 3 nitrogen and oxygen atoms in total. The van der Waals surface area contributed by atoms with Crippen molar-refractivity contribution in [2.45, 2.75) is 6.92 Å². The summed E-state index contributed by atoms with van der Waals surface area (Å²) in [5.74, 6) is -0.291. The molecule has 5 heteroatoms. The van der Waals surface area contributed by atoms with Crippen LogP contribution in [0.5, 0.6) is 0 Å². The summed E-state index contributed by atoms with van der Waals surface area (Å²) in [4.78, 5) is 1.05. The average molecular weight is 273 g/mol. The van der Waals surface area contributed by atoms with Crippen molar-refractivity contribution in [3.63, 3.8) is 0 Å². The van der Waals surface area contributed by atoms with Crippen molar-refractivity contribution >= 4 is 17.0 Å². The van der Waals surface area contributed by atoms with Crippen LogP contribution < -0.4 is 5.73 Å². The Bertz CT molecular complexity index is 730. The maximum atomic E-state index is 13.2. The van der Waals surface area contributed by atoms with Gasteiger partial charge in [-0.25, -0.2) is 9.07 Å². The van der Waals surface area contributed by atoms with Crippen molar-refractivity contribution in [1.29, 1.82) is 0 Å². The maximum Gasteiger partial charge on any atom is 0.126 e. The molecule has 2 N–H and O–H groups in total. The predicted octanol–water partition coefficient (Wildman–Crippen LogP) is 3.63. The lowest BCUT2D eigenvalue weighted by Crippen LogP contribution is -1.95. The van der Waals surface area contributed by atoms with Gasteiger partial charge in [-0.05, 0) is 42.1 Å². The monoisotopic (exact) mass is 273 g/mol. The van der Waals surface area contributed by atoms with E-state index in [0.717, 1.165) is 16.1 Å². The van der Waals surface area contributed by atoms with Crippen LogP contribution in [0.4, 0.5) is 10.1 Å². The normalized spacial score (nSPS) is 10.8. The summed E-state index contributed by atoms with van der Waals surface area (Å²) in [5, 5.41) is 6.47. The second kappa shape index (κ2) is 4.51. The van der Waals surface area contributed by atoms with E-state index in [4.69, 9.17) is 5.73 Å². The van der Waals surface area contributed by atoms with E-state index in [1.807, 2.05) is 18.4 Å². The fourth-order valence-electron chi connectivity index (χ4n) is 1.93. The van der Waals surface area contributed by atoms with Gasteiger partial charge in [-0.15, -0.1) is 11.3 Å². The molecule has 1 aromatic carbocycles. The van der Waals surface area contributed by atoms with Gasteiger partial charge in [-0.3, -0.25) is 0 Å². The summed E-state index contributed by atoms with van der Waals surface area (Å²) in [5.41, 5.74) is 9.15. The van der Waals surface area contributed by atoms with E-state index in [9.17, 15) is 4.39 Å². The first kappa shape index (κ1) is 11.9. The first-order chi connectivity index (χ1) is 9.15. The third-order valence-corrected chi connectivity index (χ3v) is 3.92. The molecule has 0 aliphatic carbocycles. The number of anilines is 1. The Kier molecular flexibility index (Phi) is 2.83. The summed E-state index contributed by atoms with van der Waals surface area (Å²) in [6.07, 6.45) is 1.71. The molecule has 0 fully saturated rings. The maximum absolute atomic E-state index is 13.2. The standard InChI is InChI=1S/C14H12FN3S/c1-9-5-6-19-14(9)13-12(16)8-18(17-13)11-4-2-3-10(15)7-11/h2-8H,16H2,1H3. The highest BCUT2D eigenvalue weighted by atomic mass is 32.1. The molecule has 2 aromatic heterocycles. The molecular weight excluding hydrogens is 261 g/mol.